The van der Waals surface area contributed by atoms with Gasteiger partial charge in [-0.25, -0.2) is 9.86 Å². The average Bonchev–Trinajstić information content (AvgIpc) is 2.98. The minimum atomic E-state index is -0.592. The molecule has 0 aromatic heterocycles. The van der Waals surface area contributed by atoms with Crippen molar-refractivity contribution < 1.29 is 14.7 Å². The number of primary amides is 1. The number of anilines is 4. The molecule has 0 radical (unpaired) electrons. The van der Waals surface area contributed by atoms with Crippen molar-refractivity contribution in [2.24, 2.45) is 5.73 Å². The predicted molar refractivity (Wildman–Crippen MR) is 166 cm³/mol. The maximum atomic E-state index is 12.3. The SMILES string of the molecule is CCCCCCCCCCCCCCON(c1ccccc1)c1ccc(N(C(N)=O)c2cccc(CO)c2)cc1. The average molecular weight is 546 g/mol. The highest BCUT2D eigenvalue weighted by Crippen LogP contribution is 2.31. The molecule has 6 heteroatoms. The second-order valence-corrected chi connectivity index (χ2v) is 10.4. The number of amides is 2. The Kier molecular flexibility index (Phi) is 14.1. The number of unbranched alkanes of at least 4 members (excludes halogenated alkanes) is 11. The maximum Gasteiger partial charge on any atom is 0.323 e. The highest BCUT2D eigenvalue weighted by atomic mass is 16.7. The molecule has 0 saturated heterocycles. The van der Waals surface area contributed by atoms with Crippen LogP contribution in [0.15, 0.2) is 78.9 Å². The molecule has 0 bridgehead atoms. The summed E-state index contributed by atoms with van der Waals surface area (Å²) in [7, 11) is 0. The molecule has 0 aliphatic heterocycles. The number of para-hydroxylation sites is 1. The fourth-order valence-electron chi connectivity index (χ4n) is 4.89. The first-order valence-corrected chi connectivity index (χ1v) is 15.0. The number of hydrogen-bond acceptors (Lipinski definition) is 4. The van der Waals surface area contributed by atoms with Crippen molar-refractivity contribution in [1.82, 2.24) is 0 Å². The van der Waals surface area contributed by atoms with E-state index in [1.165, 1.54) is 75.5 Å². The first-order chi connectivity index (χ1) is 19.6. The molecule has 0 atom stereocenters. The second-order valence-electron chi connectivity index (χ2n) is 10.4. The number of benzene rings is 3. The predicted octanol–water partition coefficient (Wildman–Crippen LogP) is 9.17. The third-order valence-electron chi connectivity index (χ3n) is 7.12. The fourth-order valence-corrected chi connectivity index (χ4v) is 4.89. The summed E-state index contributed by atoms with van der Waals surface area (Å²) < 4.78 is 0. The molecule has 216 valence electrons. The Morgan fingerprint density at radius 1 is 0.675 bits per heavy atom. The summed E-state index contributed by atoms with van der Waals surface area (Å²) in [6.07, 6.45) is 15.7. The van der Waals surface area contributed by atoms with Crippen molar-refractivity contribution in [2.75, 3.05) is 16.6 Å². The van der Waals surface area contributed by atoms with Crippen LogP contribution in [0.2, 0.25) is 0 Å². The van der Waals surface area contributed by atoms with E-state index in [1.807, 2.05) is 59.7 Å². The molecule has 0 spiro atoms. The second kappa shape index (κ2) is 18.1. The Morgan fingerprint density at radius 3 is 1.77 bits per heavy atom. The molecule has 0 aliphatic rings. The summed E-state index contributed by atoms with van der Waals surface area (Å²) >= 11 is 0. The van der Waals surface area contributed by atoms with Crippen molar-refractivity contribution in [3.05, 3.63) is 84.4 Å². The summed E-state index contributed by atoms with van der Waals surface area (Å²) in [6, 6.07) is 24.1. The number of nitrogens with two attached hydrogens (primary N) is 1. The first-order valence-electron chi connectivity index (χ1n) is 15.0. The van der Waals surface area contributed by atoms with Gasteiger partial charge in [-0.15, -0.1) is 0 Å². The molecule has 0 heterocycles. The molecular weight excluding hydrogens is 498 g/mol. The summed E-state index contributed by atoms with van der Waals surface area (Å²) in [4.78, 5) is 20.0. The van der Waals surface area contributed by atoms with Gasteiger partial charge < -0.3 is 10.8 Å². The summed E-state index contributed by atoms with van der Waals surface area (Å²) in [6.45, 7) is 2.79. The number of urea groups is 1. The molecule has 3 aromatic rings. The van der Waals surface area contributed by atoms with Gasteiger partial charge in [0, 0.05) is 0 Å². The van der Waals surface area contributed by atoms with Crippen LogP contribution in [0.25, 0.3) is 0 Å². The molecule has 3 aromatic carbocycles. The Morgan fingerprint density at radius 2 is 1.20 bits per heavy atom. The summed E-state index contributed by atoms with van der Waals surface area (Å²) in [5, 5.41) is 11.3. The van der Waals surface area contributed by atoms with E-state index in [4.69, 9.17) is 10.6 Å². The molecule has 3 N–H and O–H groups in total. The fraction of sp³-hybridized carbons (Fsp3) is 0.441. The lowest BCUT2D eigenvalue weighted by molar-refractivity contribution is 0.131. The largest absolute Gasteiger partial charge is 0.392 e. The van der Waals surface area contributed by atoms with Crippen LogP contribution >= 0.6 is 0 Å². The normalized spacial score (nSPS) is 10.9. The number of aliphatic hydroxyl groups excluding tert-OH is 1. The number of carbonyl (C=O) groups excluding carboxylic acids is 1. The van der Waals surface area contributed by atoms with Crippen molar-refractivity contribution in [3.63, 3.8) is 0 Å². The van der Waals surface area contributed by atoms with E-state index in [1.54, 1.807) is 24.3 Å². The number of aliphatic hydroxyl groups is 1. The number of hydrogen-bond donors (Lipinski definition) is 2. The van der Waals surface area contributed by atoms with Crippen LogP contribution in [-0.4, -0.2) is 17.7 Å². The van der Waals surface area contributed by atoms with Crippen LogP contribution < -0.4 is 15.7 Å². The van der Waals surface area contributed by atoms with E-state index in [-0.39, 0.29) is 6.61 Å². The lowest BCUT2D eigenvalue weighted by Gasteiger charge is -2.26. The number of carbonyl (C=O) groups is 1. The van der Waals surface area contributed by atoms with E-state index >= 15 is 0 Å². The highest BCUT2D eigenvalue weighted by Gasteiger charge is 2.17. The van der Waals surface area contributed by atoms with Crippen LogP contribution in [0.5, 0.6) is 0 Å². The van der Waals surface area contributed by atoms with E-state index in [9.17, 15) is 9.90 Å². The molecule has 3 rings (SSSR count). The topological polar surface area (TPSA) is 79.0 Å². The monoisotopic (exact) mass is 545 g/mol. The molecule has 0 fully saturated rings. The lowest BCUT2D eigenvalue weighted by atomic mass is 10.1. The molecule has 0 unspecified atom stereocenters. The number of rotatable bonds is 19. The Labute approximate surface area is 240 Å². The highest BCUT2D eigenvalue weighted by molar-refractivity contribution is 5.98. The van der Waals surface area contributed by atoms with Crippen molar-refractivity contribution >= 4 is 28.8 Å². The van der Waals surface area contributed by atoms with Crippen LogP contribution in [0.4, 0.5) is 27.5 Å². The van der Waals surface area contributed by atoms with Gasteiger partial charge in [0.1, 0.15) is 0 Å². The first kappa shape index (κ1) is 31.2. The Hall–Kier alpha value is -3.35. The summed E-state index contributed by atoms with van der Waals surface area (Å²) in [5.74, 6) is 0. The van der Waals surface area contributed by atoms with Gasteiger partial charge in [0.05, 0.1) is 36.0 Å². The number of nitrogens with zero attached hydrogens (tertiary/aromatic N) is 2. The third kappa shape index (κ3) is 10.3. The van der Waals surface area contributed by atoms with Crippen LogP contribution in [0.3, 0.4) is 0 Å². The van der Waals surface area contributed by atoms with Crippen molar-refractivity contribution in [3.8, 4) is 0 Å². The molecular formula is C34H47N3O3. The van der Waals surface area contributed by atoms with Crippen LogP contribution in [-0.2, 0) is 11.4 Å². The quantitative estimate of drug-likeness (QED) is 0.116. The molecule has 2 amide bonds. The Balaban J connectivity index is 1.52. The van der Waals surface area contributed by atoms with Gasteiger partial charge in [-0.05, 0) is 60.5 Å². The van der Waals surface area contributed by atoms with Crippen molar-refractivity contribution in [2.45, 2.75) is 90.6 Å². The van der Waals surface area contributed by atoms with Gasteiger partial charge in [0.15, 0.2) is 0 Å². The van der Waals surface area contributed by atoms with Gasteiger partial charge in [0.2, 0.25) is 0 Å². The van der Waals surface area contributed by atoms with Gasteiger partial charge in [0.25, 0.3) is 0 Å². The van der Waals surface area contributed by atoms with Crippen molar-refractivity contribution in [1.29, 1.82) is 0 Å². The van der Waals surface area contributed by atoms with Gasteiger partial charge in [-0.3, -0.25) is 9.74 Å². The third-order valence-corrected chi connectivity index (χ3v) is 7.12. The molecule has 6 nitrogen and oxygen atoms in total. The Bertz CT molecular complexity index is 1100. The zero-order valence-corrected chi connectivity index (χ0v) is 24.1. The maximum absolute atomic E-state index is 12.3. The van der Waals surface area contributed by atoms with E-state index in [0.29, 0.717) is 23.5 Å². The zero-order chi connectivity index (χ0) is 28.4. The minimum absolute atomic E-state index is 0.109. The lowest BCUT2D eigenvalue weighted by Crippen LogP contribution is -2.31. The minimum Gasteiger partial charge on any atom is -0.392 e. The van der Waals surface area contributed by atoms with Crippen LogP contribution in [0.1, 0.15) is 89.5 Å². The van der Waals surface area contributed by atoms with E-state index in [2.05, 4.69) is 6.92 Å². The van der Waals surface area contributed by atoms with Gasteiger partial charge in [-0.2, -0.15) is 0 Å². The molecule has 0 saturated carbocycles. The summed E-state index contributed by atoms with van der Waals surface area (Å²) in [5.41, 5.74) is 9.49. The van der Waals surface area contributed by atoms with Gasteiger partial charge >= 0.3 is 6.03 Å². The smallest absolute Gasteiger partial charge is 0.323 e. The van der Waals surface area contributed by atoms with E-state index in [0.717, 1.165) is 17.8 Å². The van der Waals surface area contributed by atoms with E-state index < -0.39 is 6.03 Å². The zero-order valence-electron chi connectivity index (χ0n) is 24.1. The molecule has 0 aliphatic carbocycles. The molecule has 40 heavy (non-hydrogen) atoms. The van der Waals surface area contributed by atoms with Crippen LogP contribution in [0, 0.1) is 0 Å². The van der Waals surface area contributed by atoms with Gasteiger partial charge in [-0.1, -0.05) is 108 Å². The standard InChI is InChI=1S/C34H47N3O3/c1-2-3-4-5-6-7-8-9-10-11-12-16-26-40-37(31-19-14-13-15-20-31)32-24-22-30(23-25-32)36(34(35)39)33-21-17-18-29(27-33)28-38/h13-15,17-25,27,38H,2-12,16,26,28H2,1H3,(H2,35,39).